The average molecular weight is 1090 g/mol. The Labute approximate surface area is 470 Å². The average Bonchev–Trinajstić information content (AvgIpc) is 3.38. The Balaban J connectivity index is 3.94. The topological polar surface area (TPSA) is 108 Å². The molecule has 0 aromatic carbocycles. The van der Waals surface area contributed by atoms with Crippen molar-refractivity contribution in [2.45, 2.75) is 302 Å². The van der Waals surface area contributed by atoms with E-state index in [1.807, 2.05) is 21.1 Å². The number of esters is 2. The summed E-state index contributed by atoms with van der Waals surface area (Å²) in [4.78, 5) is 35.7. The minimum atomic E-state index is -4.38. The molecule has 0 saturated heterocycles. The summed E-state index contributed by atoms with van der Waals surface area (Å²) in [5.74, 6) is -0.781. The second-order valence-corrected chi connectivity index (χ2v) is 24.2. The highest BCUT2D eigenvalue weighted by molar-refractivity contribution is 7.47. The molecule has 0 aliphatic carbocycles. The van der Waals surface area contributed by atoms with Crippen LogP contribution in [0.2, 0.25) is 0 Å². The number of hydrogen-bond donors (Lipinski definition) is 1. The van der Waals surface area contributed by atoms with Crippen LogP contribution in [0.15, 0.2) is 60.8 Å². The van der Waals surface area contributed by atoms with Crippen molar-refractivity contribution in [3.63, 3.8) is 0 Å². The van der Waals surface area contributed by atoms with Crippen LogP contribution in [-0.2, 0) is 32.7 Å². The van der Waals surface area contributed by atoms with Crippen molar-refractivity contribution in [2.24, 2.45) is 0 Å². The first kappa shape index (κ1) is 73.7. The number of carbonyl (C=O) groups is 2. The zero-order chi connectivity index (χ0) is 55.6. The van der Waals surface area contributed by atoms with Crippen LogP contribution in [0.25, 0.3) is 0 Å². The smallest absolute Gasteiger partial charge is 0.462 e. The van der Waals surface area contributed by atoms with E-state index >= 15 is 0 Å². The molecule has 2 unspecified atom stereocenters. The van der Waals surface area contributed by atoms with Crippen molar-refractivity contribution < 1.29 is 42.1 Å². The van der Waals surface area contributed by atoms with Gasteiger partial charge >= 0.3 is 19.8 Å². The molecule has 0 aromatic heterocycles. The monoisotopic (exact) mass is 1090 g/mol. The summed E-state index contributed by atoms with van der Waals surface area (Å²) >= 11 is 0. The Morgan fingerprint density at radius 1 is 0.421 bits per heavy atom. The molecule has 0 spiro atoms. The first-order valence-electron chi connectivity index (χ1n) is 32.0. The number of carbonyl (C=O) groups excluding carboxylic acids is 2. The van der Waals surface area contributed by atoms with Crippen molar-refractivity contribution in [3.8, 4) is 0 Å². The predicted molar refractivity (Wildman–Crippen MR) is 326 cm³/mol. The Bertz CT molecular complexity index is 1470. The van der Waals surface area contributed by atoms with E-state index in [2.05, 4.69) is 74.6 Å². The van der Waals surface area contributed by atoms with Crippen molar-refractivity contribution in [3.05, 3.63) is 60.8 Å². The van der Waals surface area contributed by atoms with Crippen molar-refractivity contribution in [1.82, 2.24) is 0 Å². The number of phosphoric ester groups is 1. The van der Waals surface area contributed by atoms with E-state index in [0.29, 0.717) is 23.9 Å². The van der Waals surface area contributed by atoms with Crippen LogP contribution in [0, 0.1) is 0 Å². The zero-order valence-corrected chi connectivity index (χ0v) is 51.4. The second-order valence-electron chi connectivity index (χ2n) is 22.8. The lowest BCUT2D eigenvalue weighted by atomic mass is 10.0. The van der Waals surface area contributed by atoms with Gasteiger partial charge in [-0.05, 0) is 57.8 Å². The summed E-state index contributed by atoms with van der Waals surface area (Å²) in [6.45, 7) is 4.36. The molecule has 0 amide bonds. The van der Waals surface area contributed by atoms with Gasteiger partial charge in [-0.1, -0.05) is 286 Å². The molecule has 0 aliphatic heterocycles. The third-order valence-electron chi connectivity index (χ3n) is 14.1. The highest BCUT2D eigenvalue weighted by Crippen LogP contribution is 2.43. The quantitative estimate of drug-likeness (QED) is 0.0211. The minimum Gasteiger partial charge on any atom is -0.462 e. The van der Waals surface area contributed by atoms with Gasteiger partial charge in [0.2, 0.25) is 0 Å². The van der Waals surface area contributed by atoms with Gasteiger partial charge in [-0.3, -0.25) is 18.6 Å². The number of nitrogens with zero attached hydrogens (tertiary/aromatic N) is 1. The van der Waals surface area contributed by atoms with Crippen LogP contribution < -0.4 is 0 Å². The summed E-state index contributed by atoms with van der Waals surface area (Å²) < 4.78 is 34.6. The number of ether oxygens (including phenoxy) is 2. The summed E-state index contributed by atoms with van der Waals surface area (Å²) in [5, 5.41) is 0. The van der Waals surface area contributed by atoms with Crippen molar-refractivity contribution >= 4 is 19.8 Å². The summed E-state index contributed by atoms with van der Waals surface area (Å²) in [6, 6.07) is 0. The highest BCUT2D eigenvalue weighted by Gasteiger charge is 2.27. The molecule has 0 heterocycles. The summed E-state index contributed by atoms with van der Waals surface area (Å²) in [7, 11) is 1.49. The molecule has 0 aliphatic rings. The lowest BCUT2D eigenvalue weighted by Crippen LogP contribution is -2.37. The van der Waals surface area contributed by atoms with Crippen LogP contribution in [0.1, 0.15) is 296 Å². The van der Waals surface area contributed by atoms with E-state index in [1.165, 1.54) is 199 Å². The zero-order valence-electron chi connectivity index (χ0n) is 50.5. The van der Waals surface area contributed by atoms with Crippen LogP contribution in [0.3, 0.4) is 0 Å². The maximum atomic E-state index is 12.8. The van der Waals surface area contributed by atoms with Crippen molar-refractivity contribution in [2.75, 3.05) is 47.5 Å². The van der Waals surface area contributed by atoms with Gasteiger partial charge in [0, 0.05) is 12.8 Å². The van der Waals surface area contributed by atoms with Gasteiger partial charge in [-0.25, -0.2) is 4.57 Å². The standard InChI is InChI=1S/C66H122NO8P/c1-6-8-10-12-14-16-18-20-22-23-24-25-26-27-28-29-30-31-32-33-34-35-36-37-38-39-40-41-42-43-45-47-49-51-53-55-57-59-66(69)75-64(63-74-76(70,71)73-61-60-67(3,4)5)62-72-65(68)58-56-54-52-50-48-46-44-21-19-17-15-13-11-9-7-2/h8,10,14,16,20,22,24-25,27-28,64H,6-7,9,11-13,15,17-19,21,23,26,29-63H2,1-5H3/p+1/b10-8-,16-14-,22-20-,25-24-,28-27-. The van der Waals surface area contributed by atoms with E-state index in [1.54, 1.807) is 0 Å². The first-order valence-corrected chi connectivity index (χ1v) is 33.5. The molecule has 0 rings (SSSR count). The Kier molecular flexibility index (Phi) is 55.7. The molecule has 2 atom stereocenters. The fraction of sp³-hybridized carbons (Fsp3) is 0.818. The molecule has 76 heavy (non-hydrogen) atoms. The minimum absolute atomic E-state index is 0.0339. The molecule has 0 fully saturated rings. The van der Waals surface area contributed by atoms with Crippen molar-refractivity contribution in [1.29, 1.82) is 0 Å². The molecular formula is C66H123NO8P+. The maximum Gasteiger partial charge on any atom is 0.472 e. The molecule has 10 heteroatoms. The molecule has 0 bridgehead atoms. The largest absolute Gasteiger partial charge is 0.472 e. The van der Waals surface area contributed by atoms with E-state index in [0.717, 1.165) is 64.2 Å². The number of rotatable bonds is 59. The lowest BCUT2D eigenvalue weighted by Gasteiger charge is -2.24. The number of phosphoric acid groups is 1. The van der Waals surface area contributed by atoms with Gasteiger partial charge in [0.15, 0.2) is 6.10 Å². The Hall–Kier alpha value is -2.29. The molecule has 9 nitrogen and oxygen atoms in total. The van der Waals surface area contributed by atoms with E-state index in [-0.39, 0.29) is 25.6 Å². The van der Waals surface area contributed by atoms with E-state index in [4.69, 9.17) is 18.5 Å². The predicted octanol–water partition coefficient (Wildman–Crippen LogP) is 20.3. The molecular weight excluding hydrogens is 966 g/mol. The van der Waals surface area contributed by atoms with Gasteiger partial charge < -0.3 is 18.9 Å². The summed E-state index contributed by atoms with van der Waals surface area (Å²) in [6.07, 6.45) is 74.6. The van der Waals surface area contributed by atoms with Gasteiger partial charge in [0.1, 0.15) is 19.8 Å². The van der Waals surface area contributed by atoms with Gasteiger partial charge in [0.25, 0.3) is 0 Å². The number of likely N-dealkylation sites (N-methyl/N-ethyl adjacent to an activating group) is 1. The Morgan fingerprint density at radius 2 is 0.750 bits per heavy atom. The number of hydrogen-bond acceptors (Lipinski definition) is 7. The van der Waals surface area contributed by atoms with Gasteiger partial charge in [-0.2, -0.15) is 0 Å². The third-order valence-corrected chi connectivity index (χ3v) is 15.0. The molecule has 444 valence electrons. The van der Waals surface area contributed by atoms with Crippen LogP contribution in [0.4, 0.5) is 0 Å². The maximum absolute atomic E-state index is 12.8. The highest BCUT2D eigenvalue weighted by atomic mass is 31.2. The third kappa shape index (κ3) is 60.9. The number of allylic oxidation sites excluding steroid dienone is 10. The Morgan fingerprint density at radius 3 is 1.12 bits per heavy atom. The normalized spacial score (nSPS) is 13.6. The van der Waals surface area contributed by atoms with Gasteiger partial charge in [0.05, 0.1) is 27.7 Å². The summed E-state index contributed by atoms with van der Waals surface area (Å²) in [5.41, 5.74) is 0. The second kappa shape index (κ2) is 57.4. The van der Waals surface area contributed by atoms with Gasteiger partial charge in [-0.15, -0.1) is 0 Å². The molecule has 0 radical (unpaired) electrons. The van der Waals surface area contributed by atoms with Crippen LogP contribution >= 0.6 is 7.82 Å². The number of quaternary nitrogens is 1. The molecule has 0 aromatic rings. The fourth-order valence-electron chi connectivity index (χ4n) is 9.16. The lowest BCUT2D eigenvalue weighted by molar-refractivity contribution is -0.870. The number of unbranched alkanes of at least 4 members (excludes halogenated alkanes) is 35. The van der Waals surface area contributed by atoms with E-state index in [9.17, 15) is 19.0 Å². The fourth-order valence-corrected chi connectivity index (χ4v) is 9.90. The first-order chi connectivity index (χ1) is 37.0. The van der Waals surface area contributed by atoms with Crippen LogP contribution in [-0.4, -0.2) is 74.9 Å². The SMILES string of the molecule is CC/C=C\C/C=C\C/C=C\C/C=C\C/C=C\CCCCCCCCCCCCCCCCCCCCCCCC(=O)OC(COC(=O)CCCCCCCCCCCCCCCCC)COP(=O)(O)OCC[N+](C)(C)C. The van der Waals surface area contributed by atoms with Crippen LogP contribution in [0.5, 0.6) is 0 Å². The molecule has 1 N–H and O–H groups in total. The van der Waals surface area contributed by atoms with E-state index < -0.39 is 26.5 Å². The molecule has 0 saturated carbocycles.